The number of carbonyl (C=O) groups excluding carboxylic acids is 1. The highest BCUT2D eigenvalue weighted by molar-refractivity contribution is 6.29. The molecule has 19 heavy (non-hydrogen) atoms. The van der Waals surface area contributed by atoms with E-state index >= 15 is 0 Å². The Bertz CT molecular complexity index is 428. The summed E-state index contributed by atoms with van der Waals surface area (Å²) >= 11 is 5.87. The standard InChI is InChI=1S/C13H20ClN3O2/c1-8-10(13(14)19-17-8)5-6-12(18)16-11-4-2-3-9(11)7-15/h9,11H,2-7,15H2,1H3,(H,16,18). The van der Waals surface area contributed by atoms with Crippen LogP contribution in [0.1, 0.15) is 36.9 Å². The van der Waals surface area contributed by atoms with Crippen LogP contribution in [0.2, 0.25) is 5.22 Å². The third-order valence-corrected chi connectivity index (χ3v) is 4.14. The summed E-state index contributed by atoms with van der Waals surface area (Å²) < 4.78 is 4.86. The van der Waals surface area contributed by atoms with E-state index in [0.717, 1.165) is 30.5 Å². The van der Waals surface area contributed by atoms with Crippen molar-refractivity contribution in [1.82, 2.24) is 10.5 Å². The molecule has 0 aromatic carbocycles. The molecular weight excluding hydrogens is 266 g/mol. The molecule has 0 aliphatic heterocycles. The van der Waals surface area contributed by atoms with Crippen molar-refractivity contribution in [2.75, 3.05) is 6.54 Å². The van der Waals surface area contributed by atoms with E-state index in [1.807, 2.05) is 6.92 Å². The van der Waals surface area contributed by atoms with E-state index in [1.165, 1.54) is 0 Å². The maximum atomic E-state index is 11.9. The first-order valence-electron chi connectivity index (χ1n) is 6.72. The minimum Gasteiger partial charge on any atom is -0.353 e. The van der Waals surface area contributed by atoms with Crippen LogP contribution in [-0.4, -0.2) is 23.7 Å². The number of carbonyl (C=O) groups is 1. The van der Waals surface area contributed by atoms with Crippen molar-refractivity contribution >= 4 is 17.5 Å². The molecule has 5 nitrogen and oxygen atoms in total. The molecule has 1 saturated carbocycles. The van der Waals surface area contributed by atoms with Gasteiger partial charge in [0.15, 0.2) is 0 Å². The van der Waals surface area contributed by atoms with Crippen LogP contribution in [0.4, 0.5) is 0 Å². The van der Waals surface area contributed by atoms with E-state index < -0.39 is 0 Å². The number of amides is 1. The average Bonchev–Trinajstić information content (AvgIpc) is 2.95. The summed E-state index contributed by atoms with van der Waals surface area (Å²) in [5, 5.41) is 7.12. The van der Waals surface area contributed by atoms with E-state index in [0.29, 0.717) is 25.3 Å². The van der Waals surface area contributed by atoms with Crippen LogP contribution in [0.3, 0.4) is 0 Å². The monoisotopic (exact) mass is 285 g/mol. The minimum atomic E-state index is 0.0435. The Morgan fingerprint density at radius 2 is 2.37 bits per heavy atom. The van der Waals surface area contributed by atoms with Gasteiger partial charge in [-0.05, 0) is 50.2 Å². The molecule has 1 aromatic rings. The zero-order chi connectivity index (χ0) is 13.8. The second-order valence-corrected chi connectivity index (χ2v) is 5.46. The lowest BCUT2D eigenvalue weighted by Crippen LogP contribution is -2.39. The van der Waals surface area contributed by atoms with Crippen molar-refractivity contribution in [3.05, 3.63) is 16.5 Å². The molecule has 2 unspecified atom stereocenters. The van der Waals surface area contributed by atoms with Crippen LogP contribution < -0.4 is 11.1 Å². The fraction of sp³-hybridized carbons (Fsp3) is 0.692. The minimum absolute atomic E-state index is 0.0435. The lowest BCUT2D eigenvalue weighted by Gasteiger charge is -2.19. The number of rotatable bonds is 5. The zero-order valence-corrected chi connectivity index (χ0v) is 11.9. The molecule has 6 heteroatoms. The lowest BCUT2D eigenvalue weighted by molar-refractivity contribution is -0.122. The molecular formula is C13H20ClN3O2. The largest absolute Gasteiger partial charge is 0.353 e. The molecule has 0 bridgehead atoms. The Morgan fingerprint density at radius 1 is 1.58 bits per heavy atom. The molecule has 0 radical (unpaired) electrons. The number of nitrogens with zero attached hydrogens (tertiary/aromatic N) is 1. The molecule has 1 aliphatic rings. The summed E-state index contributed by atoms with van der Waals surface area (Å²) in [6.07, 6.45) is 4.23. The Balaban J connectivity index is 1.82. The predicted molar refractivity (Wildman–Crippen MR) is 72.9 cm³/mol. The molecule has 0 spiro atoms. The van der Waals surface area contributed by atoms with Gasteiger partial charge < -0.3 is 15.6 Å². The molecule has 1 amide bonds. The maximum Gasteiger partial charge on any atom is 0.229 e. The number of aryl methyl sites for hydroxylation is 1. The molecule has 2 atom stereocenters. The average molecular weight is 286 g/mol. The van der Waals surface area contributed by atoms with Crippen molar-refractivity contribution in [1.29, 1.82) is 0 Å². The van der Waals surface area contributed by atoms with E-state index in [4.69, 9.17) is 21.9 Å². The van der Waals surface area contributed by atoms with Crippen molar-refractivity contribution in [3.8, 4) is 0 Å². The Hall–Kier alpha value is -1.07. The normalized spacial score (nSPS) is 22.7. The summed E-state index contributed by atoms with van der Waals surface area (Å²) in [5.74, 6) is 0.465. The smallest absolute Gasteiger partial charge is 0.229 e. The van der Waals surface area contributed by atoms with Crippen molar-refractivity contribution in [3.63, 3.8) is 0 Å². The highest BCUT2D eigenvalue weighted by Crippen LogP contribution is 2.25. The highest BCUT2D eigenvalue weighted by Gasteiger charge is 2.27. The topological polar surface area (TPSA) is 81.2 Å². The zero-order valence-electron chi connectivity index (χ0n) is 11.1. The van der Waals surface area contributed by atoms with Crippen molar-refractivity contribution < 1.29 is 9.32 Å². The maximum absolute atomic E-state index is 11.9. The summed E-state index contributed by atoms with van der Waals surface area (Å²) in [5.41, 5.74) is 7.27. The van der Waals surface area contributed by atoms with E-state index in [9.17, 15) is 4.79 Å². The fourth-order valence-electron chi connectivity index (χ4n) is 2.67. The third-order valence-electron chi connectivity index (χ3n) is 3.85. The summed E-state index contributed by atoms with van der Waals surface area (Å²) in [4.78, 5) is 11.9. The fourth-order valence-corrected chi connectivity index (χ4v) is 2.93. The number of hydrogen-bond donors (Lipinski definition) is 2. The Labute approximate surface area is 117 Å². The molecule has 2 rings (SSSR count). The quantitative estimate of drug-likeness (QED) is 0.864. The van der Waals surface area contributed by atoms with Gasteiger partial charge in [0.2, 0.25) is 11.1 Å². The summed E-state index contributed by atoms with van der Waals surface area (Å²) in [7, 11) is 0. The van der Waals surface area contributed by atoms with Crippen molar-refractivity contribution in [2.45, 2.75) is 45.1 Å². The van der Waals surface area contributed by atoms with Crippen LogP contribution in [-0.2, 0) is 11.2 Å². The molecule has 1 heterocycles. The van der Waals surface area contributed by atoms with Gasteiger partial charge in [-0.15, -0.1) is 0 Å². The number of nitrogens with two attached hydrogens (primary N) is 1. The molecule has 1 aromatic heterocycles. The Morgan fingerprint density at radius 3 is 3.00 bits per heavy atom. The molecule has 3 N–H and O–H groups in total. The van der Waals surface area contributed by atoms with Crippen LogP contribution in [0.5, 0.6) is 0 Å². The van der Waals surface area contributed by atoms with Gasteiger partial charge in [-0.2, -0.15) is 0 Å². The van der Waals surface area contributed by atoms with Gasteiger partial charge in [0.1, 0.15) is 0 Å². The molecule has 1 fully saturated rings. The van der Waals surface area contributed by atoms with E-state index in [-0.39, 0.29) is 17.2 Å². The second kappa shape index (κ2) is 6.39. The first-order chi connectivity index (χ1) is 9.11. The van der Waals surface area contributed by atoms with Gasteiger partial charge in [0.25, 0.3) is 0 Å². The molecule has 106 valence electrons. The number of halogens is 1. The van der Waals surface area contributed by atoms with Gasteiger partial charge in [0, 0.05) is 18.0 Å². The molecule has 1 aliphatic carbocycles. The van der Waals surface area contributed by atoms with Crippen LogP contribution >= 0.6 is 11.6 Å². The number of nitrogens with one attached hydrogen (secondary N) is 1. The third kappa shape index (κ3) is 3.48. The molecule has 0 saturated heterocycles. The summed E-state index contributed by atoms with van der Waals surface area (Å²) in [6.45, 7) is 2.46. The van der Waals surface area contributed by atoms with Gasteiger partial charge in [-0.3, -0.25) is 4.79 Å². The SMILES string of the molecule is Cc1noc(Cl)c1CCC(=O)NC1CCCC1CN. The van der Waals surface area contributed by atoms with Crippen molar-refractivity contribution in [2.24, 2.45) is 11.7 Å². The highest BCUT2D eigenvalue weighted by atomic mass is 35.5. The van der Waals surface area contributed by atoms with Gasteiger partial charge in [0.05, 0.1) is 5.69 Å². The number of hydrogen-bond acceptors (Lipinski definition) is 4. The van der Waals surface area contributed by atoms with Crippen LogP contribution in [0, 0.1) is 12.8 Å². The van der Waals surface area contributed by atoms with E-state index in [2.05, 4.69) is 10.5 Å². The first-order valence-corrected chi connectivity index (χ1v) is 7.09. The lowest BCUT2D eigenvalue weighted by atomic mass is 10.0. The van der Waals surface area contributed by atoms with Gasteiger partial charge in [-0.1, -0.05) is 11.6 Å². The first kappa shape index (κ1) is 14.3. The van der Waals surface area contributed by atoms with Gasteiger partial charge in [-0.25, -0.2) is 0 Å². The van der Waals surface area contributed by atoms with Gasteiger partial charge >= 0.3 is 0 Å². The Kier molecular flexibility index (Phi) is 4.82. The van der Waals surface area contributed by atoms with E-state index in [1.54, 1.807) is 0 Å². The summed E-state index contributed by atoms with van der Waals surface area (Å²) in [6, 6.07) is 0.233. The second-order valence-electron chi connectivity index (χ2n) is 5.12. The predicted octanol–water partition coefficient (Wildman–Crippen LogP) is 1.81. The van der Waals surface area contributed by atoms with Crippen LogP contribution in [0.25, 0.3) is 0 Å². The number of aromatic nitrogens is 1. The van der Waals surface area contributed by atoms with Crippen LogP contribution in [0.15, 0.2) is 4.52 Å².